The predicted octanol–water partition coefficient (Wildman–Crippen LogP) is 4.08. The lowest BCUT2D eigenvalue weighted by Gasteiger charge is -2.36. The zero-order valence-electron chi connectivity index (χ0n) is 23.1. The van der Waals surface area contributed by atoms with Crippen molar-refractivity contribution < 1.29 is 41.0 Å². The number of halogens is 4. The lowest BCUT2D eigenvalue weighted by molar-refractivity contribution is -0.192. The number of aliphatic hydroxyl groups excluding tert-OH is 1. The highest BCUT2D eigenvalue weighted by Gasteiger charge is 2.40. The first kappa shape index (κ1) is 32.4. The lowest BCUT2D eigenvalue weighted by atomic mass is 9.92. The van der Waals surface area contributed by atoms with Crippen LogP contribution in [0.15, 0.2) is 53.4 Å². The van der Waals surface area contributed by atoms with E-state index in [1.54, 1.807) is 42.5 Å². The molecule has 0 radical (unpaired) electrons. The standard InChI is InChI=1S/C26H32FN5O3S.C2HF3O2/c27-23-11-4-10-22-24(23)30-26(29-18-7-5-12-32(17-18)13-6-14-33)31-25(22)28-19-15-21(16-19)36(34,35)20-8-2-1-3-9-20;3-2(4,5)1(6)7/h1-4,8-11,18-19,21,33H,5-7,12-17H2,(H2,28,29,30,31);(H,6,7). The van der Waals surface area contributed by atoms with Crippen LogP contribution in [0.25, 0.3) is 10.9 Å². The molecule has 2 heterocycles. The summed E-state index contributed by atoms with van der Waals surface area (Å²) in [7, 11) is -3.38. The first-order valence-corrected chi connectivity index (χ1v) is 15.3. The molecular formula is C28H33F4N5O5S. The summed E-state index contributed by atoms with van der Waals surface area (Å²) in [5.74, 6) is -2.31. The van der Waals surface area contributed by atoms with Crippen LogP contribution in [-0.4, -0.2) is 89.2 Å². The lowest BCUT2D eigenvalue weighted by Crippen LogP contribution is -2.44. The van der Waals surface area contributed by atoms with Gasteiger partial charge in [0.25, 0.3) is 0 Å². The van der Waals surface area contributed by atoms with E-state index < -0.39 is 33.1 Å². The highest BCUT2D eigenvalue weighted by atomic mass is 32.2. The number of anilines is 2. The first-order valence-electron chi connectivity index (χ1n) is 13.8. The molecule has 2 fully saturated rings. The number of para-hydroxylation sites is 1. The molecule has 43 heavy (non-hydrogen) atoms. The van der Waals surface area contributed by atoms with Crippen LogP contribution in [0.5, 0.6) is 0 Å². The Morgan fingerprint density at radius 3 is 2.37 bits per heavy atom. The van der Waals surface area contributed by atoms with Gasteiger partial charge in [0.15, 0.2) is 9.84 Å². The van der Waals surface area contributed by atoms with Crippen molar-refractivity contribution in [2.24, 2.45) is 0 Å². The van der Waals surface area contributed by atoms with Crippen LogP contribution >= 0.6 is 0 Å². The predicted molar refractivity (Wildman–Crippen MR) is 152 cm³/mol. The van der Waals surface area contributed by atoms with E-state index in [-0.39, 0.29) is 24.2 Å². The number of carboxylic acid groups (broad SMARTS) is 1. The fourth-order valence-corrected chi connectivity index (χ4v) is 6.97. The number of hydrogen-bond acceptors (Lipinski definition) is 9. The third-order valence-electron chi connectivity index (χ3n) is 7.34. The number of alkyl halides is 3. The number of carboxylic acids is 1. The molecule has 15 heteroatoms. The number of benzene rings is 2. The molecule has 1 aliphatic carbocycles. The van der Waals surface area contributed by atoms with E-state index in [1.807, 2.05) is 0 Å². The number of likely N-dealkylation sites (tertiary alicyclic amines) is 1. The van der Waals surface area contributed by atoms with E-state index in [0.717, 1.165) is 38.9 Å². The van der Waals surface area contributed by atoms with Gasteiger partial charge in [0.1, 0.15) is 17.2 Å². The number of fused-ring (bicyclic) bond motifs is 1. The Morgan fingerprint density at radius 2 is 1.72 bits per heavy atom. The average Bonchev–Trinajstić information content (AvgIpc) is 2.94. The van der Waals surface area contributed by atoms with Gasteiger partial charge in [0, 0.05) is 37.2 Å². The van der Waals surface area contributed by atoms with Crippen molar-refractivity contribution in [1.29, 1.82) is 0 Å². The zero-order chi connectivity index (χ0) is 31.2. The van der Waals surface area contributed by atoms with Crippen molar-refractivity contribution in [1.82, 2.24) is 14.9 Å². The van der Waals surface area contributed by atoms with Crippen LogP contribution in [0.4, 0.5) is 29.3 Å². The van der Waals surface area contributed by atoms with Crippen molar-refractivity contribution in [3.8, 4) is 0 Å². The Kier molecular flexibility index (Phi) is 10.4. The smallest absolute Gasteiger partial charge is 0.475 e. The summed E-state index contributed by atoms with van der Waals surface area (Å²) in [4.78, 5) is 20.7. The summed E-state index contributed by atoms with van der Waals surface area (Å²) in [6.45, 7) is 2.81. The number of aliphatic hydroxyl groups is 1. The number of nitrogens with zero attached hydrogens (tertiary/aromatic N) is 3. The quantitative estimate of drug-likeness (QED) is 0.256. The van der Waals surface area contributed by atoms with Gasteiger partial charge in [-0.05, 0) is 62.9 Å². The Hall–Kier alpha value is -3.56. The highest BCUT2D eigenvalue weighted by molar-refractivity contribution is 7.92. The third-order valence-corrected chi connectivity index (χ3v) is 9.53. The fraction of sp³-hybridized carbons (Fsp3) is 0.464. The highest BCUT2D eigenvalue weighted by Crippen LogP contribution is 2.35. The Balaban J connectivity index is 0.000000541. The van der Waals surface area contributed by atoms with Crippen molar-refractivity contribution in [2.45, 2.75) is 60.5 Å². The fourth-order valence-electron chi connectivity index (χ4n) is 5.08. The molecule has 1 saturated carbocycles. The Labute approximate surface area is 246 Å². The molecular weight excluding hydrogens is 594 g/mol. The van der Waals surface area contributed by atoms with Gasteiger partial charge in [0.2, 0.25) is 5.95 Å². The zero-order valence-corrected chi connectivity index (χ0v) is 23.9. The van der Waals surface area contributed by atoms with Gasteiger partial charge in [0.05, 0.1) is 10.1 Å². The molecule has 2 aliphatic rings. The maximum atomic E-state index is 14.7. The molecule has 0 amide bonds. The molecule has 5 rings (SSSR count). The number of aromatic nitrogens is 2. The van der Waals surface area contributed by atoms with Crippen molar-refractivity contribution >= 4 is 38.5 Å². The first-order chi connectivity index (χ1) is 20.4. The van der Waals surface area contributed by atoms with Gasteiger partial charge in [-0.15, -0.1) is 0 Å². The van der Waals surface area contributed by atoms with E-state index in [0.29, 0.717) is 34.9 Å². The van der Waals surface area contributed by atoms with Gasteiger partial charge >= 0.3 is 12.1 Å². The number of piperidine rings is 1. The maximum absolute atomic E-state index is 14.7. The Morgan fingerprint density at radius 1 is 1.02 bits per heavy atom. The number of carbonyl (C=O) groups is 1. The SMILES string of the molecule is O=C(O)C(F)(F)F.O=S(=O)(c1ccccc1)C1CC(Nc2nc(NC3CCCN(CCCO)C3)nc3c(F)cccc23)C1. The van der Waals surface area contributed by atoms with Gasteiger partial charge in [-0.1, -0.05) is 24.3 Å². The molecule has 3 aromatic rings. The van der Waals surface area contributed by atoms with Gasteiger partial charge in [-0.2, -0.15) is 18.2 Å². The van der Waals surface area contributed by atoms with Crippen LogP contribution in [0.3, 0.4) is 0 Å². The molecule has 1 unspecified atom stereocenters. The second-order valence-electron chi connectivity index (χ2n) is 10.5. The summed E-state index contributed by atoms with van der Waals surface area (Å²) < 4.78 is 72.3. The van der Waals surface area contributed by atoms with E-state index in [1.165, 1.54) is 6.07 Å². The molecule has 1 aliphatic heterocycles. The molecule has 234 valence electrons. The average molecular weight is 628 g/mol. The molecule has 2 aromatic carbocycles. The van der Waals surface area contributed by atoms with Crippen molar-refractivity contribution in [2.75, 3.05) is 36.9 Å². The second kappa shape index (κ2) is 13.8. The number of nitrogens with one attached hydrogen (secondary N) is 2. The third kappa shape index (κ3) is 8.30. The molecule has 1 atom stereocenters. The van der Waals surface area contributed by atoms with Crippen molar-refractivity contribution in [3.63, 3.8) is 0 Å². The van der Waals surface area contributed by atoms with Crippen LogP contribution in [-0.2, 0) is 14.6 Å². The molecule has 4 N–H and O–H groups in total. The van der Waals surface area contributed by atoms with Crippen molar-refractivity contribution in [3.05, 3.63) is 54.3 Å². The topological polar surface area (TPSA) is 145 Å². The summed E-state index contributed by atoms with van der Waals surface area (Å²) in [6.07, 6.45) is -1.44. The van der Waals surface area contributed by atoms with Crippen LogP contribution in [0.2, 0.25) is 0 Å². The molecule has 0 bridgehead atoms. The van der Waals surface area contributed by atoms with Crippen LogP contribution in [0, 0.1) is 5.82 Å². The molecule has 1 saturated heterocycles. The Bertz CT molecular complexity index is 1500. The van der Waals surface area contributed by atoms with Gasteiger partial charge in [-0.25, -0.2) is 22.6 Å². The maximum Gasteiger partial charge on any atom is 0.490 e. The van der Waals surface area contributed by atoms with Crippen LogP contribution in [0.1, 0.15) is 32.1 Å². The van der Waals surface area contributed by atoms with E-state index in [9.17, 15) is 26.0 Å². The van der Waals surface area contributed by atoms with E-state index >= 15 is 0 Å². The molecule has 10 nitrogen and oxygen atoms in total. The summed E-state index contributed by atoms with van der Waals surface area (Å²) in [5, 5.41) is 23.1. The number of aliphatic carboxylic acids is 1. The van der Waals surface area contributed by atoms with Gasteiger partial charge in [-0.3, -0.25) is 0 Å². The van der Waals surface area contributed by atoms with E-state index in [4.69, 9.17) is 15.0 Å². The minimum Gasteiger partial charge on any atom is -0.475 e. The molecule has 1 aromatic heterocycles. The summed E-state index contributed by atoms with van der Waals surface area (Å²) >= 11 is 0. The van der Waals surface area contributed by atoms with Crippen LogP contribution < -0.4 is 10.6 Å². The number of rotatable bonds is 9. The van der Waals surface area contributed by atoms with Gasteiger partial charge < -0.3 is 25.7 Å². The minimum atomic E-state index is -5.08. The molecule has 0 spiro atoms. The number of sulfone groups is 1. The summed E-state index contributed by atoms with van der Waals surface area (Å²) in [5.41, 5.74) is 0.234. The monoisotopic (exact) mass is 627 g/mol. The summed E-state index contributed by atoms with van der Waals surface area (Å²) in [6, 6.07) is 13.4. The second-order valence-corrected chi connectivity index (χ2v) is 12.7. The number of hydrogen-bond donors (Lipinski definition) is 4. The largest absolute Gasteiger partial charge is 0.490 e. The minimum absolute atomic E-state index is 0.0774. The van der Waals surface area contributed by atoms with E-state index in [2.05, 4.69) is 25.5 Å². The normalized spacial score (nSPS) is 20.9.